The molecule has 0 aliphatic heterocycles. The van der Waals surface area contributed by atoms with E-state index in [1.54, 1.807) is 19.2 Å². The second-order valence-electron chi connectivity index (χ2n) is 5.03. The summed E-state index contributed by atoms with van der Waals surface area (Å²) in [5.74, 6) is 0.933. The Morgan fingerprint density at radius 1 is 1.22 bits per heavy atom. The van der Waals surface area contributed by atoms with Crippen molar-refractivity contribution < 1.29 is 9.53 Å². The van der Waals surface area contributed by atoms with Crippen LogP contribution in [0, 0.1) is 13.8 Å². The average molecular weight is 358 g/mol. The van der Waals surface area contributed by atoms with E-state index in [0.717, 1.165) is 11.1 Å². The number of nitrogens with one attached hydrogen (secondary N) is 1. The summed E-state index contributed by atoms with van der Waals surface area (Å²) in [4.78, 5) is 15.8. The van der Waals surface area contributed by atoms with Crippen LogP contribution in [-0.4, -0.2) is 16.9 Å². The molecule has 7 heteroatoms. The number of amides is 1. The number of pyridine rings is 1. The van der Waals surface area contributed by atoms with Gasteiger partial charge in [0.15, 0.2) is 0 Å². The first-order valence-corrected chi connectivity index (χ1v) is 6.73. The molecule has 0 aliphatic rings. The van der Waals surface area contributed by atoms with Gasteiger partial charge in [-0.15, -0.1) is 24.8 Å². The van der Waals surface area contributed by atoms with Crippen molar-refractivity contribution in [3.8, 4) is 11.6 Å². The maximum atomic E-state index is 11.6. The quantitative estimate of drug-likeness (QED) is 0.875. The fourth-order valence-electron chi connectivity index (χ4n) is 1.72. The summed E-state index contributed by atoms with van der Waals surface area (Å²) in [6.07, 6.45) is 1.70. The number of carbonyl (C=O) groups excluding carboxylic acids is 1. The van der Waals surface area contributed by atoms with E-state index >= 15 is 0 Å². The predicted octanol–water partition coefficient (Wildman–Crippen LogP) is 3.62. The molecule has 0 spiro atoms. The van der Waals surface area contributed by atoms with Crippen LogP contribution < -0.4 is 15.8 Å². The summed E-state index contributed by atoms with van der Waals surface area (Å²) in [6.45, 7) is 5.54. The molecular weight excluding hydrogens is 337 g/mol. The van der Waals surface area contributed by atoms with E-state index in [1.807, 2.05) is 38.1 Å². The topological polar surface area (TPSA) is 77.2 Å². The van der Waals surface area contributed by atoms with Gasteiger partial charge in [-0.1, -0.05) is 6.07 Å². The van der Waals surface area contributed by atoms with Crippen molar-refractivity contribution in [2.75, 3.05) is 5.32 Å². The van der Waals surface area contributed by atoms with Crippen molar-refractivity contribution in [3.63, 3.8) is 0 Å². The van der Waals surface area contributed by atoms with Gasteiger partial charge in [0.05, 0.1) is 6.04 Å². The van der Waals surface area contributed by atoms with Crippen molar-refractivity contribution in [1.29, 1.82) is 0 Å². The third kappa shape index (κ3) is 6.06. The lowest BCUT2D eigenvalue weighted by atomic mass is 10.2. The molecule has 2 aromatic rings. The third-order valence-electron chi connectivity index (χ3n) is 2.97. The van der Waals surface area contributed by atoms with Crippen molar-refractivity contribution in [2.24, 2.45) is 5.73 Å². The minimum absolute atomic E-state index is 0. The number of nitrogens with zero attached hydrogens (tertiary/aromatic N) is 1. The Morgan fingerprint density at radius 3 is 2.52 bits per heavy atom. The molecule has 0 saturated heterocycles. The highest BCUT2D eigenvalue weighted by Crippen LogP contribution is 2.27. The Morgan fingerprint density at radius 2 is 1.91 bits per heavy atom. The van der Waals surface area contributed by atoms with Crippen molar-refractivity contribution in [3.05, 3.63) is 47.7 Å². The van der Waals surface area contributed by atoms with Crippen LogP contribution in [0.5, 0.6) is 11.6 Å². The van der Waals surface area contributed by atoms with E-state index < -0.39 is 6.04 Å². The molecule has 1 unspecified atom stereocenters. The zero-order valence-electron chi connectivity index (χ0n) is 13.2. The van der Waals surface area contributed by atoms with Gasteiger partial charge in [-0.05, 0) is 44.0 Å². The van der Waals surface area contributed by atoms with Gasteiger partial charge in [-0.2, -0.15) is 0 Å². The van der Waals surface area contributed by atoms with Crippen LogP contribution in [-0.2, 0) is 4.79 Å². The molecule has 0 fully saturated rings. The van der Waals surface area contributed by atoms with Gasteiger partial charge in [0.1, 0.15) is 5.75 Å². The van der Waals surface area contributed by atoms with Gasteiger partial charge in [0.2, 0.25) is 11.8 Å². The van der Waals surface area contributed by atoms with E-state index in [-0.39, 0.29) is 30.7 Å². The summed E-state index contributed by atoms with van der Waals surface area (Å²) in [5, 5.41) is 2.74. The van der Waals surface area contributed by atoms with Crippen molar-refractivity contribution >= 4 is 36.4 Å². The fraction of sp³-hybridized carbons (Fsp3) is 0.250. The van der Waals surface area contributed by atoms with Crippen LogP contribution in [0.4, 0.5) is 5.69 Å². The lowest BCUT2D eigenvalue weighted by molar-refractivity contribution is -0.117. The number of aromatic nitrogens is 1. The summed E-state index contributed by atoms with van der Waals surface area (Å²) in [5.41, 5.74) is 8.21. The fourth-order valence-corrected chi connectivity index (χ4v) is 1.72. The second-order valence-corrected chi connectivity index (χ2v) is 5.03. The number of aryl methyl sites for hydroxylation is 2. The average Bonchev–Trinajstić information content (AvgIpc) is 2.42. The molecule has 2 rings (SSSR count). The number of anilines is 1. The number of rotatable bonds is 4. The Bertz CT molecular complexity index is 664. The van der Waals surface area contributed by atoms with E-state index in [1.165, 1.54) is 0 Å². The predicted molar refractivity (Wildman–Crippen MR) is 97.0 cm³/mol. The molecule has 0 bridgehead atoms. The molecule has 1 aromatic heterocycles. The maximum absolute atomic E-state index is 11.6. The zero-order chi connectivity index (χ0) is 15.4. The molecule has 1 atom stereocenters. The number of hydrogen-bond donors (Lipinski definition) is 2. The van der Waals surface area contributed by atoms with Crippen LogP contribution in [0.2, 0.25) is 0 Å². The number of benzene rings is 1. The smallest absolute Gasteiger partial charge is 0.241 e. The first-order chi connectivity index (χ1) is 9.95. The molecule has 1 aromatic carbocycles. The minimum atomic E-state index is -0.561. The Balaban J connectivity index is 0.00000242. The monoisotopic (exact) mass is 357 g/mol. The van der Waals surface area contributed by atoms with Gasteiger partial charge in [0.25, 0.3) is 0 Å². The molecular formula is C16H21Cl2N3O2. The minimum Gasteiger partial charge on any atom is -0.439 e. The Labute approximate surface area is 148 Å². The Hall–Kier alpha value is -1.82. The second kappa shape index (κ2) is 9.35. The molecule has 0 aliphatic carbocycles. The lowest BCUT2D eigenvalue weighted by Crippen LogP contribution is -2.32. The number of halogens is 2. The molecule has 1 heterocycles. The summed E-state index contributed by atoms with van der Waals surface area (Å²) < 4.78 is 5.78. The van der Waals surface area contributed by atoms with Crippen LogP contribution in [0.1, 0.15) is 18.1 Å². The lowest BCUT2D eigenvalue weighted by Gasteiger charge is -2.12. The zero-order valence-corrected chi connectivity index (χ0v) is 14.8. The standard InChI is InChI=1S/C16H19N3O2.2ClH/c1-10-6-7-18-15(8-10)21-14-9-13(5-4-11(14)2)19-16(20)12(3)17;;/h4-9,12H,17H2,1-3H3,(H,19,20);2*1H. The molecule has 126 valence electrons. The molecule has 0 saturated carbocycles. The molecule has 1 amide bonds. The van der Waals surface area contributed by atoms with Crippen molar-refractivity contribution in [2.45, 2.75) is 26.8 Å². The maximum Gasteiger partial charge on any atom is 0.241 e. The van der Waals surface area contributed by atoms with Gasteiger partial charge < -0.3 is 15.8 Å². The molecule has 5 nitrogen and oxygen atoms in total. The van der Waals surface area contributed by atoms with Gasteiger partial charge >= 0.3 is 0 Å². The largest absolute Gasteiger partial charge is 0.439 e. The van der Waals surface area contributed by atoms with E-state index in [9.17, 15) is 4.79 Å². The summed E-state index contributed by atoms with van der Waals surface area (Å²) in [6, 6.07) is 8.65. The first kappa shape index (κ1) is 21.2. The highest BCUT2D eigenvalue weighted by molar-refractivity contribution is 5.94. The van der Waals surface area contributed by atoms with Crippen LogP contribution in [0.25, 0.3) is 0 Å². The summed E-state index contributed by atoms with van der Waals surface area (Å²) >= 11 is 0. The van der Waals surface area contributed by atoms with Crippen LogP contribution in [0.15, 0.2) is 36.5 Å². The Kier molecular flexibility index (Phi) is 8.61. The highest BCUT2D eigenvalue weighted by atomic mass is 35.5. The number of nitrogens with two attached hydrogens (primary N) is 1. The van der Waals surface area contributed by atoms with E-state index in [2.05, 4.69) is 10.3 Å². The van der Waals surface area contributed by atoms with Crippen molar-refractivity contribution in [1.82, 2.24) is 4.98 Å². The van der Waals surface area contributed by atoms with E-state index in [4.69, 9.17) is 10.5 Å². The number of carbonyl (C=O) groups is 1. The van der Waals surface area contributed by atoms with E-state index in [0.29, 0.717) is 17.3 Å². The SMILES string of the molecule is Cc1ccnc(Oc2cc(NC(=O)C(C)N)ccc2C)c1.Cl.Cl. The van der Waals surface area contributed by atoms with Crippen LogP contribution >= 0.6 is 24.8 Å². The summed E-state index contributed by atoms with van der Waals surface area (Å²) in [7, 11) is 0. The first-order valence-electron chi connectivity index (χ1n) is 6.73. The van der Waals surface area contributed by atoms with Gasteiger partial charge in [-0.3, -0.25) is 4.79 Å². The molecule has 0 radical (unpaired) electrons. The molecule has 3 N–H and O–H groups in total. The van der Waals surface area contributed by atoms with Gasteiger partial charge in [0, 0.05) is 24.0 Å². The third-order valence-corrected chi connectivity index (χ3v) is 2.97. The van der Waals surface area contributed by atoms with Gasteiger partial charge in [-0.25, -0.2) is 4.98 Å². The highest BCUT2D eigenvalue weighted by Gasteiger charge is 2.10. The van der Waals surface area contributed by atoms with Crippen LogP contribution in [0.3, 0.4) is 0 Å². The number of hydrogen-bond acceptors (Lipinski definition) is 4. The normalized spacial score (nSPS) is 10.8. The number of ether oxygens (including phenoxy) is 1. The molecule has 23 heavy (non-hydrogen) atoms.